The maximum atomic E-state index is 3.95. The highest BCUT2D eigenvalue weighted by Crippen LogP contribution is 2.15. The van der Waals surface area contributed by atoms with Crippen LogP contribution in [0.3, 0.4) is 0 Å². The fourth-order valence-electron chi connectivity index (χ4n) is 0.891. The van der Waals surface area contributed by atoms with Crippen molar-refractivity contribution in [2.45, 2.75) is 6.92 Å². The van der Waals surface area contributed by atoms with Crippen LogP contribution in [0.1, 0.15) is 5.56 Å². The van der Waals surface area contributed by atoms with Crippen molar-refractivity contribution < 1.29 is 0 Å². The second-order valence-electron chi connectivity index (χ2n) is 2.24. The standard InChI is InChI=1S/C7H6N2S/c1-5-2-3-7-6(4-5)8-9-10-7/h2-4H,1H3. The molecule has 0 saturated carbocycles. The van der Waals surface area contributed by atoms with Crippen molar-refractivity contribution in [2.75, 3.05) is 0 Å². The van der Waals surface area contributed by atoms with Crippen LogP contribution in [0.25, 0.3) is 10.2 Å². The van der Waals surface area contributed by atoms with Crippen molar-refractivity contribution in [1.82, 2.24) is 9.59 Å². The van der Waals surface area contributed by atoms with Crippen LogP contribution in [0.15, 0.2) is 18.2 Å². The molecule has 1 aromatic carbocycles. The Hall–Kier alpha value is -0.960. The summed E-state index contributed by atoms with van der Waals surface area (Å²) < 4.78 is 4.99. The van der Waals surface area contributed by atoms with Crippen LogP contribution in [-0.2, 0) is 0 Å². The van der Waals surface area contributed by atoms with Crippen LogP contribution in [0.4, 0.5) is 0 Å². The molecule has 2 rings (SSSR count). The van der Waals surface area contributed by atoms with Gasteiger partial charge in [0.05, 0.1) is 4.70 Å². The number of fused-ring (bicyclic) bond motifs is 1. The average Bonchev–Trinajstić information content (AvgIpc) is 2.33. The fraction of sp³-hybridized carbons (Fsp3) is 0.143. The zero-order valence-corrected chi connectivity index (χ0v) is 6.35. The Bertz CT molecular complexity index is 353. The van der Waals surface area contributed by atoms with Gasteiger partial charge in [0.15, 0.2) is 0 Å². The zero-order valence-electron chi connectivity index (χ0n) is 5.53. The molecule has 0 radical (unpaired) electrons. The molecule has 0 aliphatic rings. The van der Waals surface area contributed by atoms with Crippen molar-refractivity contribution in [3.8, 4) is 0 Å². The molecule has 50 valence electrons. The number of hydrogen-bond donors (Lipinski definition) is 0. The Labute approximate surface area is 62.7 Å². The van der Waals surface area contributed by atoms with Gasteiger partial charge in [-0.3, -0.25) is 0 Å². The van der Waals surface area contributed by atoms with Crippen LogP contribution in [0, 0.1) is 6.92 Å². The van der Waals surface area contributed by atoms with Gasteiger partial charge in [0.1, 0.15) is 5.52 Å². The van der Waals surface area contributed by atoms with Gasteiger partial charge in [0.25, 0.3) is 0 Å². The molecule has 2 nitrogen and oxygen atoms in total. The molecule has 0 aliphatic heterocycles. The molecule has 0 aliphatic carbocycles. The van der Waals surface area contributed by atoms with Gasteiger partial charge in [-0.05, 0) is 36.2 Å². The summed E-state index contributed by atoms with van der Waals surface area (Å²) in [4.78, 5) is 0. The summed E-state index contributed by atoms with van der Waals surface area (Å²) >= 11 is 1.43. The van der Waals surface area contributed by atoms with E-state index >= 15 is 0 Å². The monoisotopic (exact) mass is 150 g/mol. The van der Waals surface area contributed by atoms with E-state index in [1.807, 2.05) is 6.07 Å². The molecule has 1 heterocycles. The number of hydrogen-bond acceptors (Lipinski definition) is 3. The van der Waals surface area contributed by atoms with Crippen molar-refractivity contribution in [2.24, 2.45) is 0 Å². The van der Waals surface area contributed by atoms with Crippen LogP contribution >= 0.6 is 11.5 Å². The van der Waals surface area contributed by atoms with Gasteiger partial charge >= 0.3 is 0 Å². The molecule has 0 spiro atoms. The van der Waals surface area contributed by atoms with E-state index in [4.69, 9.17) is 0 Å². The second-order valence-corrected chi connectivity index (χ2v) is 3.03. The molecular weight excluding hydrogens is 144 g/mol. The first-order chi connectivity index (χ1) is 4.86. The van der Waals surface area contributed by atoms with E-state index in [9.17, 15) is 0 Å². The van der Waals surface area contributed by atoms with E-state index < -0.39 is 0 Å². The van der Waals surface area contributed by atoms with E-state index in [1.165, 1.54) is 17.1 Å². The van der Waals surface area contributed by atoms with Crippen molar-refractivity contribution in [1.29, 1.82) is 0 Å². The van der Waals surface area contributed by atoms with Gasteiger partial charge in [-0.25, -0.2) is 0 Å². The lowest BCUT2D eigenvalue weighted by molar-refractivity contribution is 1.20. The molecule has 0 N–H and O–H groups in total. The van der Waals surface area contributed by atoms with E-state index in [0.29, 0.717) is 0 Å². The first-order valence-electron chi connectivity index (χ1n) is 3.05. The minimum atomic E-state index is 1.00. The predicted octanol–water partition coefficient (Wildman–Crippen LogP) is 2.00. The molecule has 10 heavy (non-hydrogen) atoms. The first kappa shape index (κ1) is 5.80. The maximum Gasteiger partial charge on any atom is 0.106 e. The van der Waals surface area contributed by atoms with Gasteiger partial charge in [-0.2, -0.15) is 0 Å². The molecule has 1 aromatic heterocycles. The molecule has 0 unspecified atom stereocenters. The minimum Gasteiger partial charge on any atom is -0.138 e. The van der Waals surface area contributed by atoms with Crippen LogP contribution in [0.5, 0.6) is 0 Å². The Morgan fingerprint density at radius 2 is 2.30 bits per heavy atom. The third-order valence-electron chi connectivity index (χ3n) is 1.40. The summed E-state index contributed by atoms with van der Waals surface area (Å²) in [5.74, 6) is 0. The van der Waals surface area contributed by atoms with Gasteiger partial charge in [0.2, 0.25) is 0 Å². The molecule has 3 heteroatoms. The number of nitrogens with zero attached hydrogens (tertiary/aromatic N) is 2. The molecular formula is C7H6N2S. The van der Waals surface area contributed by atoms with E-state index in [2.05, 4.69) is 28.6 Å². The Kier molecular flexibility index (Phi) is 1.17. The normalized spacial score (nSPS) is 10.5. The zero-order chi connectivity index (χ0) is 6.97. The minimum absolute atomic E-state index is 1.00. The van der Waals surface area contributed by atoms with Crippen LogP contribution < -0.4 is 0 Å². The topological polar surface area (TPSA) is 25.8 Å². The highest BCUT2D eigenvalue weighted by Gasteiger charge is 1.95. The van der Waals surface area contributed by atoms with Gasteiger partial charge in [0, 0.05) is 0 Å². The number of aromatic nitrogens is 2. The third-order valence-corrected chi connectivity index (χ3v) is 2.11. The first-order valence-corrected chi connectivity index (χ1v) is 3.82. The van der Waals surface area contributed by atoms with E-state index in [-0.39, 0.29) is 0 Å². The largest absolute Gasteiger partial charge is 0.138 e. The van der Waals surface area contributed by atoms with Crippen LogP contribution in [-0.4, -0.2) is 9.59 Å². The SMILES string of the molecule is Cc1ccc2snnc2c1. The van der Waals surface area contributed by atoms with Crippen molar-refractivity contribution in [3.63, 3.8) is 0 Å². The molecule has 0 bridgehead atoms. The fourth-order valence-corrected chi connectivity index (χ4v) is 1.43. The summed E-state index contributed by atoms with van der Waals surface area (Å²) in [5, 5.41) is 3.95. The third kappa shape index (κ3) is 0.789. The summed E-state index contributed by atoms with van der Waals surface area (Å²) in [6.07, 6.45) is 0. The lowest BCUT2D eigenvalue weighted by atomic mass is 10.2. The lowest BCUT2D eigenvalue weighted by Gasteiger charge is -1.87. The molecule has 0 saturated heterocycles. The highest BCUT2D eigenvalue weighted by atomic mass is 32.1. The molecule has 0 amide bonds. The maximum absolute atomic E-state index is 3.95. The Morgan fingerprint density at radius 1 is 1.40 bits per heavy atom. The van der Waals surface area contributed by atoms with Gasteiger partial charge < -0.3 is 0 Å². The summed E-state index contributed by atoms with van der Waals surface area (Å²) in [5.41, 5.74) is 2.24. The van der Waals surface area contributed by atoms with Crippen molar-refractivity contribution in [3.05, 3.63) is 23.8 Å². The quantitative estimate of drug-likeness (QED) is 0.574. The highest BCUT2D eigenvalue weighted by molar-refractivity contribution is 7.12. The van der Waals surface area contributed by atoms with E-state index in [0.717, 1.165) is 10.2 Å². The Balaban J connectivity index is 2.86. The average molecular weight is 150 g/mol. The van der Waals surface area contributed by atoms with Crippen molar-refractivity contribution >= 4 is 21.7 Å². The number of rotatable bonds is 0. The summed E-state index contributed by atoms with van der Waals surface area (Å²) in [6.45, 7) is 2.05. The second kappa shape index (κ2) is 2.02. The van der Waals surface area contributed by atoms with E-state index in [1.54, 1.807) is 0 Å². The smallest absolute Gasteiger partial charge is 0.106 e. The summed E-state index contributed by atoms with van der Waals surface area (Å²) in [6, 6.07) is 6.16. The Morgan fingerprint density at radius 3 is 3.20 bits per heavy atom. The molecule has 2 aromatic rings. The molecule has 0 atom stereocenters. The number of benzene rings is 1. The summed E-state index contributed by atoms with van der Waals surface area (Å²) in [7, 11) is 0. The van der Waals surface area contributed by atoms with Gasteiger partial charge in [-0.15, -0.1) is 5.10 Å². The predicted molar refractivity (Wildman–Crippen MR) is 42.2 cm³/mol. The van der Waals surface area contributed by atoms with Gasteiger partial charge in [-0.1, -0.05) is 10.6 Å². The van der Waals surface area contributed by atoms with Crippen LogP contribution in [0.2, 0.25) is 0 Å². The molecule has 0 fully saturated rings. The number of aryl methyl sites for hydroxylation is 1. The lowest BCUT2D eigenvalue weighted by Crippen LogP contribution is -1.70.